The lowest BCUT2D eigenvalue weighted by molar-refractivity contribution is -0.0241. The highest BCUT2D eigenvalue weighted by molar-refractivity contribution is 5.12. The maximum absolute atomic E-state index is 9.52. The van der Waals surface area contributed by atoms with E-state index in [-0.39, 0.29) is 11.6 Å². The van der Waals surface area contributed by atoms with E-state index in [2.05, 4.69) is 11.4 Å². The van der Waals surface area contributed by atoms with E-state index in [0.717, 1.165) is 38.7 Å². The van der Waals surface area contributed by atoms with Gasteiger partial charge in [-0.25, -0.2) is 0 Å². The summed E-state index contributed by atoms with van der Waals surface area (Å²) in [5.41, 5.74) is -0.358. The molecule has 1 N–H and O–H groups in total. The molecule has 0 amide bonds. The largest absolute Gasteiger partial charge is 0.385 e. The first-order valence-electron chi connectivity index (χ1n) is 8.15. The Hall–Kier alpha value is -0.670. The predicted octanol–water partition coefficient (Wildman–Crippen LogP) is 2.01. The van der Waals surface area contributed by atoms with Crippen LogP contribution in [0.2, 0.25) is 0 Å². The van der Waals surface area contributed by atoms with E-state index in [1.54, 1.807) is 7.11 Å². The van der Waals surface area contributed by atoms with Gasteiger partial charge < -0.3 is 14.2 Å². The Morgan fingerprint density at radius 3 is 2.76 bits per heavy atom. The van der Waals surface area contributed by atoms with Crippen molar-refractivity contribution >= 4 is 0 Å². The molecule has 21 heavy (non-hydrogen) atoms. The van der Waals surface area contributed by atoms with Crippen molar-refractivity contribution < 1.29 is 14.2 Å². The number of nitriles is 1. The van der Waals surface area contributed by atoms with Crippen LogP contribution in [-0.4, -0.2) is 51.2 Å². The van der Waals surface area contributed by atoms with E-state index < -0.39 is 0 Å². The molecule has 2 unspecified atom stereocenters. The molecule has 0 radical (unpaired) electrons. The highest BCUT2D eigenvalue weighted by Gasteiger charge is 2.40. The van der Waals surface area contributed by atoms with E-state index >= 15 is 0 Å². The monoisotopic (exact) mass is 296 g/mol. The number of nitrogens with one attached hydrogen (secondary N) is 1. The first-order valence-corrected chi connectivity index (χ1v) is 8.15. The van der Waals surface area contributed by atoms with Gasteiger partial charge in [-0.2, -0.15) is 5.26 Å². The van der Waals surface area contributed by atoms with Crippen LogP contribution in [0.5, 0.6) is 0 Å². The topological polar surface area (TPSA) is 63.5 Å². The van der Waals surface area contributed by atoms with Crippen molar-refractivity contribution in [2.24, 2.45) is 0 Å². The molecule has 0 aromatic heterocycles. The third-order valence-corrected chi connectivity index (χ3v) is 4.20. The van der Waals surface area contributed by atoms with Gasteiger partial charge in [0.05, 0.1) is 25.4 Å². The Balaban J connectivity index is 1.61. The van der Waals surface area contributed by atoms with Crippen molar-refractivity contribution in [3.8, 4) is 6.07 Å². The predicted molar refractivity (Wildman–Crippen MR) is 80.0 cm³/mol. The molecule has 0 spiro atoms. The van der Waals surface area contributed by atoms with Crippen LogP contribution in [0.15, 0.2) is 0 Å². The van der Waals surface area contributed by atoms with Crippen molar-refractivity contribution in [2.75, 3.05) is 33.5 Å². The molecule has 2 atom stereocenters. The van der Waals surface area contributed by atoms with Crippen molar-refractivity contribution in [3.63, 3.8) is 0 Å². The molecular weight excluding hydrogens is 268 g/mol. The van der Waals surface area contributed by atoms with Gasteiger partial charge in [0.15, 0.2) is 0 Å². The summed E-state index contributed by atoms with van der Waals surface area (Å²) in [4.78, 5) is 0. The summed E-state index contributed by atoms with van der Waals surface area (Å²) >= 11 is 0. The Labute approximate surface area is 127 Å². The Morgan fingerprint density at radius 2 is 2.05 bits per heavy atom. The third kappa shape index (κ3) is 5.91. The van der Waals surface area contributed by atoms with Gasteiger partial charge in [0, 0.05) is 32.8 Å². The molecule has 2 rings (SSSR count). The summed E-state index contributed by atoms with van der Waals surface area (Å²) in [6, 6.07) is 3.07. The van der Waals surface area contributed by atoms with Crippen LogP contribution in [0.4, 0.5) is 0 Å². The van der Waals surface area contributed by atoms with Crippen molar-refractivity contribution in [1.29, 1.82) is 5.26 Å². The molecule has 2 aliphatic rings. The number of hydrogen-bond donors (Lipinski definition) is 1. The molecule has 0 aromatic carbocycles. The average Bonchev–Trinajstić information content (AvgIpc) is 3.30. The van der Waals surface area contributed by atoms with Gasteiger partial charge in [0.2, 0.25) is 0 Å². The number of ether oxygens (including phenoxy) is 3. The summed E-state index contributed by atoms with van der Waals surface area (Å²) in [6.45, 7) is 2.69. The molecule has 2 saturated carbocycles. The molecule has 0 saturated heterocycles. The quantitative estimate of drug-likeness (QED) is 0.625. The maximum atomic E-state index is 9.52. The molecule has 5 nitrogen and oxygen atoms in total. The van der Waals surface area contributed by atoms with Crippen LogP contribution in [0.3, 0.4) is 0 Å². The van der Waals surface area contributed by atoms with E-state index in [1.807, 2.05) is 0 Å². The average molecular weight is 296 g/mol. The van der Waals surface area contributed by atoms with Crippen molar-refractivity contribution in [1.82, 2.24) is 5.32 Å². The SMILES string of the molecule is COCCCOCCOC1CCCC(C#N)(NC2CC2)C1. The summed E-state index contributed by atoms with van der Waals surface area (Å²) in [5.74, 6) is 0. The normalized spacial score (nSPS) is 29.2. The zero-order valence-corrected chi connectivity index (χ0v) is 13.1. The molecule has 120 valence electrons. The maximum Gasteiger partial charge on any atom is 0.109 e. The third-order valence-electron chi connectivity index (χ3n) is 4.20. The van der Waals surface area contributed by atoms with Gasteiger partial charge in [-0.05, 0) is 38.5 Å². The van der Waals surface area contributed by atoms with E-state index in [9.17, 15) is 5.26 Å². The molecule has 2 aliphatic carbocycles. The van der Waals surface area contributed by atoms with Gasteiger partial charge in [-0.3, -0.25) is 5.32 Å². The number of methoxy groups -OCH3 is 1. The summed E-state index contributed by atoms with van der Waals surface area (Å²) < 4.78 is 16.4. The van der Waals surface area contributed by atoms with Crippen LogP contribution in [0.1, 0.15) is 44.9 Å². The first-order chi connectivity index (χ1) is 10.3. The molecule has 0 heterocycles. The highest BCUT2D eigenvalue weighted by atomic mass is 16.5. The van der Waals surface area contributed by atoms with E-state index in [0.29, 0.717) is 25.9 Å². The zero-order chi connectivity index (χ0) is 15.0. The Morgan fingerprint density at radius 1 is 1.19 bits per heavy atom. The zero-order valence-electron chi connectivity index (χ0n) is 13.1. The Bertz CT molecular complexity index is 341. The molecular formula is C16H28N2O3. The van der Waals surface area contributed by atoms with E-state index in [4.69, 9.17) is 14.2 Å². The standard InChI is InChI=1S/C16H28N2O3/c1-19-8-3-9-20-10-11-21-15-4-2-7-16(12-15,13-17)18-14-5-6-14/h14-15,18H,2-12H2,1H3. The second kappa shape index (κ2) is 8.70. The van der Waals surface area contributed by atoms with Gasteiger partial charge in [0.25, 0.3) is 0 Å². The van der Waals surface area contributed by atoms with Crippen LogP contribution < -0.4 is 5.32 Å². The van der Waals surface area contributed by atoms with Crippen LogP contribution in [0, 0.1) is 11.3 Å². The summed E-state index contributed by atoms with van der Waals surface area (Å²) in [7, 11) is 1.70. The minimum atomic E-state index is -0.358. The molecule has 0 aromatic rings. The van der Waals surface area contributed by atoms with Crippen molar-refractivity contribution in [3.05, 3.63) is 0 Å². The lowest BCUT2D eigenvalue weighted by Crippen LogP contribution is -2.50. The minimum Gasteiger partial charge on any atom is -0.385 e. The summed E-state index contributed by atoms with van der Waals surface area (Å²) in [5, 5.41) is 13.0. The van der Waals surface area contributed by atoms with Crippen LogP contribution in [0.25, 0.3) is 0 Å². The minimum absolute atomic E-state index is 0.187. The molecule has 0 bridgehead atoms. The van der Waals surface area contributed by atoms with Gasteiger partial charge in [-0.15, -0.1) is 0 Å². The first kappa shape index (κ1) is 16.7. The number of nitrogens with zero attached hydrogens (tertiary/aromatic N) is 1. The highest BCUT2D eigenvalue weighted by Crippen LogP contribution is 2.33. The van der Waals surface area contributed by atoms with E-state index in [1.165, 1.54) is 12.8 Å². The lowest BCUT2D eigenvalue weighted by atomic mass is 9.81. The van der Waals surface area contributed by atoms with Crippen LogP contribution >= 0.6 is 0 Å². The molecule has 2 fully saturated rings. The Kier molecular flexibility index (Phi) is 6.91. The lowest BCUT2D eigenvalue weighted by Gasteiger charge is -2.36. The second-order valence-corrected chi connectivity index (χ2v) is 6.16. The van der Waals surface area contributed by atoms with Gasteiger partial charge in [0.1, 0.15) is 5.54 Å². The molecule has 5 heteroatoms. The second-order valence-electron chi connectivity index (χ2n) is 6.16. The van der Waals surface area contributed by atoms with Crippen LogP contribution in [-0.2, 0) is 14.2 Å². The number of hydrogen-bond acceptors (Lipinski definition) is 5. The summed E-state index contributed by atoms with van der Waals surface area (Å²) in [6.07, 6.45) is 7.41. The smallest absolute Gasteiger partial charge is 0.109 e. The number of rotatable bonds is 10. The fraction of sp³-hybridized carbons (Fsp3) is 0.938. The van der Waals surface area contributed by atoms with Gasteiger partial charge >= 0.3 is 0 Å². The fourth-order valence-corrected chi connectivity index (χ4v) is 2.93. The van der Waals surface area contributed by atoms with Crippen molar-refractivity contribution in [2.45, 2.75) is 62.6 Å². The fourth-order valence-electron chi connectivity index (χ4n) is 2.93. The molecule has 0 aliphatic heterocycles. The van der Waals surface area contributed by atoms with Gasteiger partial charge in [-0.1, -0.05) is 0 Å².